The van der Waals surface area contributed by atoms with E-state index in [0.29, 0.717) is 11.1 Å². The molecule has 4 aromatic carbocycles. The fourth-order valence-corrected chi connectivity index (χ4v) is 3.41. The topological polar surface area (TPSA) is 321 Å². The summed E-state index contributed by atoms with van der Waals surface area (Å²) in [4.78, 5) is 64.8. The quantitative estimate of drug-likeness (QED) is 0.0578. The second-order valence-corrected chi connectivity index (χ2v) is 9.91. The summed E-state index contributed by atoms with van der Waals surface area (Å²) in [6.07, 6.45) is 0. The molecule has 0 saturated heterocycles. The van der Waals surface area contributed by atoms with Gasteiger partial charge in [0.05, 0.1) is 11.1 Å². The van der Waals surface area contributed by atoms with Gasteiger partial charge in [0.1, 0.15) is 0 Å². The van der Waals surface area contributed by atoms with Crippen LogP contribution in [0.15, 0.2) is 109 Å². The van der Waals surface area contributed by atoms with E-state index in [0.717, 1.165) is 0 Å². The molecule has 0 saturated carbocycles. The Bertz CT molecular complexity index is 1740. The predicted octanol–water partition coefficient (Wildman–Crippen LogP) is -0.353. The molecule has 0 amide bonds. The van der Waals surface area contributed by atoms with Gasteiger partial charge in [0.2, 0.25) is 0 Å². The molecule has 0 heterocycles. The van der Waals surface area contributed by atoms with Gasteiger partial charge in [0.15, 0.2) is 11.6 Å². The van der Waals surface area contributed by atoms with E-state index < -0.39 is 32.7 Å². The van der Waals surface area contributed by atoms with E-state index in [1.165, 1.54) is 12.1 Å². The van der Waals surface area contributed by atoms with E-state index in [9.17, 15) is 19.2 Å². The molecule has 4 aromatic rings. The van der Waals surface area contributed by atoms with Crippen LogP contribution in [-0.4, -0.2) is 58.6 Å². The van der Waals surface area contributed by atoms with Crippen LogP contribution in [0.25, 0.3) is 0 Å². The van der Waals surface area contributed by atoms with Crippen LogP contribution >= 0.6 is 0 Å². The third-order valence-corrected chi connectivity index (χ3v) is 5.12. The van der Waals surface area contributed by atoms with Gasteiger partial charge in [-0.2, -0.15) is 11.8 Å². The Hall–Kier alpha value is -4.74. The first-order valence-corrected chi connectivity index (χ1v) is 15.1. The average Bonchev–Trinajstić information content (AvgIpc) is 3.04. The second kappa shape index (κ2) is 22.0. The summed E-state index contributed by atoms with van der Waals surface area (Å²) < 4.78 is 68.2. The van der Waals surface area contributed by atoms with Crippen molar-refractivity contribution in [3.05, 3.63) is 143 Å². The zero-order valence-corrected chi connectivity index (χ0v) is 27.2. The van der Waals surface area contributed by atoms with Crippen LogP contribution in [0.4, 0.5) is 0 Å². The number of quaternary nitrogens is 2. The Balaban J connectivity index is 0.000000727. The zero-order chi connectivity index (χ0) is 36.3. The third kappa shape index (κ3) is 18.4. The number of carbonyl (C=O) groups excluding carboxylic acids is 4. The minimum Gasteiger partial charge on any atom is -0.759 e. The van der Waals surface area contributed by atoms with Crippen molar-refractivity contribution in [2.24, 2.45) is 0 Å². The molecule has 0 radical (unpaired) electrons. The number of ketones is 2. The maximum atomic E-state index is 12.3. The Kier molecular flexibility index (Phi) is 19.9. The van der Waals surface area contributed by atoms with Gasteiger partial charge in [-0.25, -0.2) is 19.4 Å². The average molecular weight is 764 g/mol. The molecule has 6 N–H and O–H groups in total. The molecule has 0 aliphatic carbocycles. The van der Waals surface area contributed by atoms with Crippen molar-refractivity contribution in [3.8, 4) is 0 Å². The summed E-state index contributed by atoms with van der Waals surface area (Å²) in [6, 6.07) is 30.1. The molecule has 262 valence electrons. The predicted molar refractivity (Wildman–Crippen MR) is 152 cm³/mol. The maximum Gasteiger partial charge on any atom is 2.00 e. The molecule has 18 nitrogen and oxygen atoms in total. The molecule has 4 rings (SSSR count). The fourth-order valence-electron chi connectivity index (χ4n) is 3.41. The van der Waals surface area contributed by atoms with Crippen LogP contribution in [-0.2, 0) is 57.6 Å². The molecule has 0 aliphatic rings. The van der Waals surface area contributed by atoms with Crippen molar-refractivity contribution in [3.63, 3.8) is 0 Å². The summed E-state index contributed by atoms with van der Waals surface area (Å²) in [5.74, 6) is 3.90. The maximum absolute atomic E-state index is 12.3. The molecule has 0 aliphatic heterocycles. The van der Waals surface area contributed by atoms with E-state index in [4.69, 9.17) is 35.0 Å². The minimum absolute atomic E-state index is 0. The number of carbonyl (C=O) groups is 4. The van der Waals surface area contributed by atoms with Gasteiger partial charge in [-0.1, -0.05) is 97.1 Å². The number of hydrogen-bond donors (Lipinski definition) is 2. The van der Waals surface area contributed by atoms with Gasteiger partial charge in [0, 0.05) is 53.0 Å². The molecular weight excluding hydrogens is 740 g/mol. The van der Waals surface area contributed by atoms with E-state index >= 15 is 0 Å². The van der Waals surface area contributed by atoms with Gasteiger partial charge in [0.25, 0.3) is 0 Å². The van der Waals surface area contributed by atoms with E-state index in [-0.39, 0.29) is 50.9 Å². The van der Waals surface area contributed by atoms with Crippen molar-refractivity contribution < 1.29 is 103 Å². The van der Waals surface area contributed by atoms with Crippen LogP contribution in [0.5, 0.6) is 0 Å². The van der Waals surface area contributed by atoms with Crippen molar-refractivity contribution in [2.45, 2.75) is 0 Å². The molecule has 21 heteroatoms. The van der Waals surface area contributed by atoms with Crippen LogP contribution < -0.4 is 11.8 Å². The molecule has 0 spiro atoms. The van der Waals surface area contributed by atoms with Crippen LogP contribution in [0.1, 0.15) is 52.6 Å². The third-order valence-electron chi connectivity index (χ3n) is 5.12. The van der Waals surface area contributed by atoms with Crippen LogP contribution in [0, 0.1) is 0 Å². The summed E-state index contributed by atoms with van der Waals surface area (Å²) in [7, 11) is -10.3. The standard InChI is InChI=1S/2C14H12NO4.Fe.2H2O4S/c2*15-19-18-14(17)12-9-5-4-8-11(12)13(16)10-6-2-1-3-7-10;;2*1-5(2,3)4/h2*1-9H,15H3;;2*(H2,1,2,3,4)/q2*+1;+2;;/p-4. The fraction of sp³-hybridized carbons (Fsp3) is 0. The molecule has 0 fully saturated rings. The van der Waals surface area contributed by atoms with Gasteiger partial charge < -0.3 is 18.2 Å². The van der Waals surface area contributed by atoms with Gasteiger partial charge in [-0.3, -0.25) is 26.4 Å². The molecule has 0 bridgehead atoms. The Morgan fingerprint density at radius 2 is 0.673 bits per heavy atom. The van der Waals surface area contributed by atoms with Crippen molar-refractivity contribution in [2.75, 3.05) is 0 Å². The Morgan fingerprint density at radius 1 is 0.449 bits per heavy atom. The second-order valence-electron chi connectivity index (χ2n) is 8.28. The summed E-state index contributed by atoms with van der Waals surface area (Å²) >= 11 is 0. The SMILES string of the molecule is O=S(=O)([O-])[O-].O=S(=O)([O-])[O-].[Fe+2].[NH3+]OOC(=O)c1ccccc1C(=O)c1ccccc1.[NH3+]OOC(=O)c1ccccc1C(=O)c1ccccc1. The van der Waals surface area contributed by atoms with Gasteiger partial charge in [-0.05, 0) is 12.1 Å². The minimum atomic E-state index is -5.17. The van der Waals surface area contributed by atoms with Crippen LogP contribution in [0.3, 0.4) is 0 Å². The first-order valence-electron chi connectivity index (χ1n) is 12.4. The van der Waals surface area contributed by atoms with Crippen molar-refractivity contribution in [1.29, 1.82) is 0 Å². The Morgan fingerprint density at radius 3 is 0.918 bits per heavy atom. The van der Waals surface area contributed by atoms with Crippen molar-refractivity contribution in [1.82, 2.24) is 0 Å². The van der Waals surface area contributed by atoms with E-state index in [1.54, 1.807) is 84.9 Å². The molecule has 0 unspecified atom stereocenters. The molecule has 0 aromatic heterocycles. The summed E-state index contributed by atoms with van der Waals surface area (Å²) in [5, 5.41) is 0. The summed E-state index contributed by atoms with van der Waals surface area (Å²) in [5.41, 5.74) is 1.79. The van der Waals surface area contributed by atoms with E-state index in [2.05, 4.69) is 31.5 Å². The van der Waals surface area contributed by atoms with E-state index in [1.807, 2.05) is 12.1 Å². The van der Waals surface area contributed by atoms with Crippen molar-refractivity contribution >= 4 is 44.3 Å². The monoisotopic (exact) mass is 764 g/mol. The number of hydrogen-bond acceptors (Lipinski definition) is 16. The van der Waals surface area contributed by atoms with Gasteiger partial charge >= 0.3 is 29.0 Å². The summed E-state index contributed by atoms with van der Waals surface area (Å²) in [6.45, 7) is 0. The normalized spacial score (nSPS) is 10.1. The zero-order valence-electron chi connectivity index (χ0n) is 24.5. The smallest absolute Gasteiger partial charge is 0.759 e. The van der Waals surface area contributed by atoms with Crippen LogP contribution in [0.2, 0.25) is 0 Å². The Labute approximate surface area is 288 Å². The molecule has 0 atom stereocenters. The first-order chi connectivity index (χ1) is 22.5. The molecule has 49 heavy (non-hydrogen) atoms. The first kappa shape index (κ1) is 44.3. The number of benzene rings is 4. The largest absolute Gasteiger partial charge is 2.00 e. The number of rotatable bonds is 8. The molecular formula is C28H24FeN2O16S2. The van der Waals surface area contributed by atoms with Gasteiger partial charge in [-0.15, -0.1) is 0 Å².